The van der Waals surface area contributed by atoms with Gasteiger partial charge < -0.3 is 14.8 Å². The quantitative estimate of drug-likeness (QED) is 0.711. The Labute approximate surface area is 122 Å². The van der Waals surface area contributed by atoms with Crippen molar-refractivity contribution in [2.45, 2.75) is 57.2 Å². The number of methoxy groups -OCH3 is 1. The van der Waals surface area contributed by atoms with E-state index in [2.05, 4.69) is 17.1 Å². The van der Waals surface area contributed by atoms with E-state index in [0.717, 1.165) is 39.1 Å². The zero-order valence-corrected chi connectivity index (χ0v) is 12.8. The summed E-state index contributed by atoms with van der Waals surface area (Å²) in [7, 11) is 1.46. The fraction of sp³-hybridized carbons (Fsp3) is 0.933. The van der Waals surface area contributed by atoms with E-state index in [0.29, 0.717) is 12.1 Å². The standard InChI is InChI=1S/C15H28N2O3/c1-3-8-16-12(15(18)19-2)7-9-17-10-11-20-14-6-4-5-13(14)17/h12-14,16H,3-11H2,1-2H3. The number of fused-ring (bicyclic) bond motifs is 1. The van der Waals surface area contributed by atoms with Crippen LogP contribution in [0.1, 0.15) is 39.0 Å². The Bertz CT molecular complexity index is 311. The van der Waals surface area contributed by atoms with Crippen molar-refractivity contribution >= 4 is 5.97 Å². The van der Waals surface area contributed by atoms with Crippen LogP contribution in [0.3, 0.4) is 0 Å². The minimum Gasteiger partial charge on any atom is -0.468 e. The Morgan fingerprint density at radius 2 is 2.35 bits per heavy atom. The van der Waals surface area contributed by atoms with Crippen molar-refractivity contribution in [3.05, 3.63) is 0 Å². The summed E-state index contributed by atoms with van der Waals surface area (Å²) in [5.74, 6) is -0.144. The lowest BCUT2D eigenvalue weighted by Gasteiger charge is -2.38. The first-order chi connectivity index (χ1) is 9.76. The van der Waals surface area contributed by atoms with Crippen LogP contribution in [0, 0.1) is 0 Å². The summed E-state index contributed by atoms with van der Waals surface area (Å²) in [5, 5.41) is 3.29. The molecule has 1 aliphatic carbocycles. The highest BCUT2D eigenvalue weighted by Crippen LogP contribution is 2.29. The van der Waals surface area contributed by atoms with Crippen molar-refractivity contribution < 1.29 is 14.3 Å². The average Bonchev–Trinajstić information content (AvgIpc) is 2.95. The van der Waals surface area contributed by atoms with Gasteiger partial charge in [0.25, 0.3) is 0 Å². The van der Waals surface area contributed by atoms with Gasteiger partial charge in [0.05, 0.1) is 19.8 Å². The monoisotopic (exact) mass is 284 g/mol. The van der Waals surface area contributed by atoms with E-state index < -0.39 is 0 Å². The van der Waals surface area contributed by atoms with Gasteiger partial charge in [-0.1, -0.05) is 6.92 Å². The number of nitrogens with zero attached hydrogens (tertiary/aromatic N) is 1. The molecule has 2 fully saturated rings. The highest BCUT2D eigenvalue weighted by atomic mass is 16.5. The normalized spacial score (nSPS) is 28.1. The van der Waals surface area contributed by atoms with Crippen LogP contribution < -0.4 is 5.32 Å². The van der Waals surface area contributed by atoms with Gasteiger partial charge in [-0.3, -0.25) is 9.69 Å². The van der Waals surface area contributed by atoms with E-state index in [1.807, 2.05) is 0 Å². The van der Waals surface area contributed by atoms with E-state index in [-0.39, 0.29) is 12.0 Å². The first-order valence-electron chi connectivity index (χ1n) is 7.93. The lowest BCUT2D eigenvalue weighted by molar-refractivity contribution is -0.143. The van der Waals surface area contributed by atoms with E-state index in [4.69, 9.17) is 9.47 Å². The maximum atomic E-state index is 11.8. The molecule has 2 rings (SSSR count). The zero-order valence-electron chi connectivity index (χ0n) is 12.8. The first kappa shape index (κ1) is 15.7. The maximum Gasteiger partial charge on any atom is 0.322 e. The molecule has 0 aromatic carbocycles. The summed E-state index contributed by atoms with van der Waals surface area (Å²) < 4.78 is 10.7. The molecular weight excluding hydrogens is 256 g/mol. The number of ether oxygens (including phenoxy) is 2. The molecule has 3 unspecified atom stereocenters. The van der Waals surface area contributed by atoms with Crippen molar-refractivity contribution in [3.63, 3.8) is 0 Å². The molecule has 0 amide bonds. The van der Waals surface area contributed by atoms with Crippen molar-refractivity contribution in [2.75, 3.05) is 33.4 Å². The summed E-state index contributed by atoms with van der Waals surface area (Å²) in [6.45, 7) is 5.72. The molecule has 1 saturated carbocycles. The van der Waals surface area contributed by atoms with Gasteiger partial charge in [-0.05, 0) is 38.6 Å². The summed E-state index contributed by atoms with van der Waals surface area (Å²) in [6, 6.07) is 0.385. The topological polar surface area (TPSA) is 50.8 Å². The van der Waals surface area contributed by atoms with E-state index in [1.165, 1.54) is 26.4 Å². The van der Waals surface area contributed by atoms with Crippen LogP contribution in [-0.2, 0) is 14.3 Å². The third kappa shape index (κ3) is 3.93. The Balaban J connectivity index is 1.82. The molecule has 0 bridgehead atoms. The molecule has 2 aliphatic rings. The first-order valence-corrected chi connectivity index (χ1v) is 7.93. The molecule has 0 spiro atoms. The van der Waals surface area contributed by atoms with Gasteiger partial charge in [0, 0.05) is 19.1 Å². The molecule has 1 saturated heterocycles. The summed E-state index contributed by atoms with van der Waals surface area (Å²) >= 11 is 0. The maximum absolute atomic E-state index is 11.8. The minimum atomic E-state index is -0.178. The number of nitrogens with one attached hydrogen (secondary N) is 1. The Morgan fingerprint density at radius 3 is 3.10 bits per heavy atom. The number of morpholine rings is 1. The second-order valence-corrected chi connectivity index (χ2v) is 5.76. The fourth-order valence-corrected chi connectivity index (χ4v) is 3.34. The number of carbonyl (C=O) groups excluding carboxylic acids is 1. The largest absolute Gasteiger partial charge is 0.468 e. The van der Waals surface area contributed by atoms with Gasteiger partial charge in [-0.25, -0.2) is 0 Å². The van der Waals surface area contributed by atoms with E-state index in [1.54, 1.807) is 0 Å². The molecule has 1 heterocycles. The third-order valence-corrected chi connectivity index (χ3v) is 4.43. The van der Waals surface area contributed by atoms with Gasteiger partial charge in [-0.2, -0.15) is 0 Å². The Kier molecular flexibility index (Phi) is 6.26. The molecule has 20 heavy (non-hydrogen) atoms. The predicted octanol–water partition coefficient (Wildman–Crippen LogP) is 1.17. The van der Waals surface area contributed by atoms with E-state index in [9.17, 15) is 4.79 Å². The van der Waals surface area contributed by atoms with Crippen LogP contribution in [0.5, 0.6) is 0 Å². The van der Waals surface area contributed by atoms with Crippen LogP contribution >= 0.6 is 0 Å². The molecule has 5 heteroatoms. The fourth-order valence-electron chi connectivity index (χ4n) is 3.34. The Morgan fingerprint density at radius 1 is 1.50 bits per heavy atom. The Hall–Kier alpha value is -0.650. The van der Waals surface area contributed by atoms with Gasteiger partial charge in [-0.15, -0.1) is 0 Å². The smallest absolute Gasteiger partial charge is 0.322 e. The number of carbonyl (C=O) groups is 1. The molecule has 1 N–H and O–H groups in total. The number of esters is 1. The summed E-state index contributed by atoms with van der Waals surface area (Å²) in [5.41, 5.74) is 0. The highest BCUT2D eigenvalue weighted by molar-refractivity contribution is 5.75. The SMILES string of the molecule is CCCNC(CCN1CCOC2CCCC21)C(=O)OC. The van der Waals surface area contributed by atoms with Crippen LogP contribution in [0.2, 0.25) is 0 Å². The van der Waals surface area contributed by atoms with Gasteiger partial charge in [0.1, 0.15) is 6.04 Å². The van der Waals surface area contributed by atoms with Crippen LogP contribution in [0.4, 0.5) is 0 Å². The van der Waals surface area contributed by atoms with Crippen molar-refractivity contribution in [2.24, 2.45) is 0 Å². The highest BCUT2D eigenvalue weighted by Gasteiger charge is 2.36. The van der Waals surface area contributed by atoms with Gasteiger partial charge in [0.15, 0.2) is 0 Å². The van der Waals surface area contributed by atoms with Crippen LogP contribution in [0.25, 0.3) is 0 Å². The van der Waals surface area contributed by atoms with Crippen molar-refractivity contribution in [1.82, 2.24) is 10.2 Å². The second-order valence-electron chi connectivity index (χ2n) is 5.76. The number of rotatable bonds is 7. The molecular formula is C15H28N2O3. The van der Waals surface area contributed by atoms with Crippen LogP contribution in [0.15, 0.2) is 0 Å². The molecule has 116 valence electrons. The molecule has 0 radical (unpaired) electrons. The van der Waals surface area contributed by atoms with Crippen molar-refractivity contribution in [1.29, 1.82) is 0 Å². The molecule has 0 aromatic heterocycles. The number of hydrogen-bond donors (Lipinski definition) is 1. The average molecular weight is 284 g/mol. The van der Waals surface area contributed by atoms with Crippen molar-refractivity contribution in [3.8, 4) is 0 Å². The minimum absolute atomic E-state index is 0.144. The van der Waals surface area contributed by atoms with Gasteiger partial charge >= 0.3 is 5.97 Å². The molecule has 0 aromatic rings. The molecule has 3 atom stereocenters. The predicted molar refractivity (Wildman–Crippen MR) is 77.7 cm³/mol. The van der Waals surface area contributed by atoms with Gasteiger partial charge in [0.2, 0.25) is 0 Å². The lowest BCUT2D eigenvalue weighted by atomic mass is 10.1. The lowest BCUT2D eigenvalue weighted by Crippen LogP contribution is -2.50. The zero-order chi connectivity index (χ0) is 14.4. The van der Waals surface area contributed by atoms with E-state index >= 15 is 0 Å². The number of hydrogen-bond acceptors (Lipinski definition) is 5. The van der Waals surface area contributed by atoms with Crippen LogP contribution in [-0.4, -0.2) is 62.4 Å². The summed E-state index contributed by atoms with van der Waals surface area (Å²) in [6.07, 6.45) is 5.95. The molecule has 1 aliphatic heterocycles. The third-order valence-electron chi connectivity index (χ3n) is 4.43. The molecule has 5 nitrogen and oxygen atoms in total. The second kappa shape index (κ2) is 7.96. The summed E-state index contributed by atoms with van der Waals surface area (Å²) in [4.78, 5) is 14.3.